The maximum atomic E-state index is 11.0. The third kappa shape index (κ3) is 3.46. The Hall–Kier alpha value is -2.66. The molecule has 1 heterocycles. The van der Waals surface area contributed by atoms with Crippen LogP contribution in [0.4, 0.5) is 5.69 Å². The average molecular weight is 384 g/mol. The molecule has 0 aliphatic rings. The molecule has 0 saturated carbocycles. The van der Waals surface area contributed by atoms with Crippen LogP contribution in [0.2, 0.25) is 0 Å². The number of halogens is 1. The number of rotatable bonds is 4. The minimum Gasteiger partial charge on any atom is -0.478 e. The molecular formula is C19H14BrNO3. The summed E-state index contributed by atoms with van der Waals surface area (Å²) in [7, 11) is 0. The zero-order chi connectivity index (χ0) is 17.1. The fourth-order valence-corrected chi connectivity index (χ4v) is 2.72. The Bertz CT molecular complexity index is 928. The van der Waals surface area contributed by atoms with Crippen molar-refractivity contribution in [1.82, 2.24) is 0 Å². The summed E-state index contributed by atoms with van der Waals surface area (Å²) in [6, 6.07) is 16.3. The lowest BCUT2D eigenvalue weighted by atomic mass is 10.0. The van der Waals surface area contributed by atoms with Crippen LogP contribution in [-0.2, 0) is 0 Å². The maximum absolute atomic E-state index is 11.0. The van der Waals surface area contributed by atoms with Gasteiger partial charge in [-0.05, 0) is 64.8 Å². The van der Waals surface area contributed by atoms with Crippen LogP contribution in [0.25, 0.3) is 11.3 Å². The number of aromatic carboxylic acids is 1. The van der Waals surface area contributed by atoms with E-state index in [9.17, 15) is 4.79 Å². The highest BCUT2D eigenvalue weighted by molar-refractivity contribution is 9.10. The number of carboxylic acid groups (broad SMARTS) is 1. The van der Waals surface area contributed by atoms with E-state index in [1.807, 2.05) is 43.3 Å². The van der Waals surface area contributed by atoms with E-state index in [1.54, 1.807) is 24.4 Å². The predicted octanol–water partition coefficient (Wildman–Crippen LogP) is 5.47. The first-order chi connectivity index (χ1) is 11.5. The second-order valence-electron chi connectivity index (χ2n) is 5.25. The van der Waals surface area contributed by atoms with E-state index in [0.717, 1.165) is 21.3 Å². The maximum Gasteiger partial charge on any atom is 0.335 e. The van der Waals surface area contributed by atoms with Gasteiger partial charge in [-0.1, -0.05) is 18.2 Å². The molecular weight excluding hydrogens is 370 g/mol. The molecule has 2 aromatic carbocycles. The number of carbonyl (C=O) groups is 1. The summed E-state index contributed by atoms with van der Waals surface area (Å²) in [5.41, 5.74) is 2.79. The van der Waals surface area contributed by atoms with Crippen LogP contribution in [0.1, 0.15) is 21.7 Å². The van der Waals surface area contributed by atoms with Gasteiger partial charge in [-0.25, -0.2) is 4.79 Å². The van der Waals surface area contributed by atoms with Gasteiger partial charge >= 0.3 is 5.97 Å². The summed E-state index contributed by atoms with van der Waals surface area (Å²) in [5.74, 6) is 0.367. The molecule has 0 amide bonds. The minimum atomic E-state index is -0.939. The molecule has 0 aliphatic heterocycles. The number of carboxylic acids is 1. The first-order valence-electron chi connectivity index (χ1n) is 7.27. The quantitative estimate of drug-likeness (QED) is 0.607. The smallest absolute Gasteiger partial charge is 0.335 e. The van der Waals surface area contributed by atoms with Crippen molar-refractivity contribution in [2.24, 2.45) is 4.99 Å². The monoisotopic (exact) mass is 383 g/mol. The van der Waals surface area contributed by atoms with E-state index in [-0.39, 0.29) is 5.56 Å². The topological polar surface area (TPSA) is 62.8 Å². The zero-order valence-corrected chi connectivity index (χ0v) is 14.4. The van der Waals surface area contributed by atoms with Crippen molar-refractivity contribution in [1.29, 1.82) is 0 Å². The summed E-state index contributed by atoms with van der Waals surface area (Å²) < 4.78 is 6.71. The van der Waals surface area contributed by atoms with Crippen LogP contribution in [0.3, 0.4) is 0 Å². The average Bonchev–Trinajstić information content (AvgIpc) is 3.02. The lowest BCUT2D eigenvalue weighted by Crippen LogP contribution is -1.96. The second kappa shape index (κ2) is 6.84. The van der Waals surface area contributed by atoms with Gasteiger partial charge in [0.15, 0.2) is 0 Å². The van der Waals surface area contributed by atoms with Crippen LogP contribution >= 0.6 is 15.9 Å². The van der Waals surface area contributed by atoms with Gasteiger partial charge in [0.2, 0.25) is 0 Å². The molecule has 0 fully saturated rings. The summed E-state index contributed by atoms with van der Waals surface area (Å²) in [5, 5.41) is 9.03. The van der Waals surface area contributed by atoms with Gasteiger partial charge in [0.05, 0.1) is 17.5 Å². The van der Waals surface area contributed by atoms with Gasteiger partial charge in [0.1, 0.15) is 11.5 Å². The number of hydrogen-bond acceptors (Lipinski definition) is 3. The Morgan fingerprint density at radius 1 is 1.17 bits per heavy atom. The summed E-state index contributed by atoms with van der Waals surface area (Å²) in [6.45, 7) is 1.86. The van der Waals surface area contributed by atoms with Crippen molar-refractivity contribution in [3.8, 4) is 11.3 Å². The molecule has 0 aliphatic carbocycles. The largest absolute Gasteiger partial charge is 0.478 e. The lowest BCUT2D eigenvalue weighted by Gasteiger charge is -2.03. The number of hydrogen-bond donors (Lipinski definition) is 1. The molecule has 1 aromatic heterocycles. The molecule has 4 nitrogen and oxygen atoms in total. The molecule has 120 valence electrons. The van der Waals surface area contributed by atoms with E-state index in [4.69, 9.17) is 9.52 Å². The van der Waals surface area contributed by atoms with Crippen LogP contribution < -0.4 is 0 Å². The van der Waals surface area contributed by atoms with Crippen molar-refractivity contribution >= 4 is 33.8 Å². The number of furan rings is 1. The Morgan fingerprint density at radius 2 is 1.96 bits per heavy atom. The molecule has 24 heavy (non-hydrogen) atoms. The molecule has 1 N–H and O–H groups in total. The fourth-order valence-electron chi connectivity index (χ4n) is 2.33. The Morgan fingerprint density at radius 3 is 2.67 bits per heavy atom. The van der Waals surface area contributed by atoms with Crippen molar-refractivity contribution in [2.45, 2.75) is 6.92 Å². The normalized spacial score (nSPS) is 11.1. The predicted molar refractivity (Wildman–Crippen MR) is 97.2 cm³/mol. The van der Waals surface area contributed by atoms with Crippen molar-refractivity contribution < 1.29 is 14.3 Å². The molecule has 3 rings (SSSR count). The van der Waals surface area contributed by atoms with Gasteiger partial charge in [-0.3, -0.25) is 4.99 Å². The van der Waals surface area contributed by atoms with Crippen LogP contribution in [0.15, 0.2) is 68.5 Å². The number of aliphatic imine (C=N–C) groups is 1. The van der Waals surface area contributed by atoms with E-state index < -0.39 is 5.97 Å². The third-order valence-corrected chi connectivity index (χ3v) is 4.22. The summed E-state index contributed by atoms with van der Waals surface area (Å²) in [4.78, 5) is 15.4. The molecule has 0 radical (unpaired) electrons. The number of nitrogens with zero attached hydrogens (tertiary/aromatic N) is 1. The molecule has 0 bridgehead atoms. The van der Waals surface area contributed by atoms with E-state index in [0.29, 0.717) is 11.5 Å². The molecule has 3 aromatic rings. The highest BCUT2D eigenvalue weighted by atomic mass is 79.9. The number of aryl methyl sites for hydroxylation is 1. The van der Waals surface area contributed by atoms with E-state index in [1.165, 1.54) is 0 Å². The van der Waals surface area contributed by atoms with Gasteiger partial charge < -0.3 is 9.52 Å². The summed E-state index contributed by atoms with van der Waals surface area (Å²) in [6.07, 6.45) is 1.66. The van der Waals surface area contributed by atoms with E-state index >= 15 is 0 Å². The zero-order valence-electron chi connectivity index (χ0n) is 12.9. The Kier molecular flexibility index (Phi) is 4.62. The molecule has 0 atom stereocenters. The van der Waals surface area contributed by atoms with Crippen molar-refractivity contribution in [2.75, 3.05) is 0 Å². The van der Waals surface area contributed by atoms with Gasteiger partial charge in [-0.2, -0.15) is 0 Å². The minimum absolute atomic E-state index is 0.263. The third-order valence-electron chi connectivity index (χ3n) is 3.55. The molecule has 0 saturated heterocycles. The van der Waals surface area contributed by atoms with Crippen LogP contribution in [0.5, 0.6) is 0 Å². The Labute approximate surface area is 147 Å². The molecule has 5 heteroatoms. The first-order valence-corrected chi connectivity index (χ1v) is 8.06. The number of para-hydroxylation sites is 1. The lowest BCUT2D eigenvalue weighted by molar-refractivity contribution is 0.0697. The second-order valence-corrected chi connectivity index (χ2v) is 6.10. The molecule has 0 unspecified atom stereocenters. The highest BCUT2D eigenvalue weighted by Gasteiger charge is 2.10. The first kappa shape index (κ1) is 16.2. The fraction of sp³-hybridized carbons (Fsp3) is 0.0526. The van der Waals surface area contributed by atoms with Crippen LogP contribution in [-0.4, -0.2) is 17.3 Å². The van der Waals surface area contributed by atoms with Crippen molar-refractivity contribution in [3.05, 3.63) is 76.0 Å². The molecule has 0 spiro atoms. The van der Waals surface area contributed by atoms with E-state index in [2.05, 4.69) is 20.9 Å². The standard InChI is InChI=1S/C19H14BrNO3/c1-12-10-13(19(22)23)6-8-15(12)18-9-7-14(24-18)11-21-17-5-3-2-4-16(17)20/h2-11H,1H3,(H,22,23). The summed E-state index contributed by atoms with van der Waals surface area (Å²) >= 11 is 3.45. The highest BCUT2D eigenvalue weighted by Crippen LogP contribution is 2.27. The van der Waals surface area contributed by atoms with Crippen LogP contribution in [0, 0.1) is 6.92 Å². The van der Waals surface area contributed by atoms with Gasteiger partial charge in [0, 0.05) is 10.0 Å². The number of benzene rings is 2. The van der Waals surface area contributed by atoms with Gasteiger partial charge in [-0.15, -0.1) is 0 Å². The Balaban J connectivity index is 1.86. The van der Waals surface area contributed by atoms with Gasteiger partial charge in [0.25, 0.3) is 0 Å². The van der Waals surface area contributed by atoms with Crippen molar-refractivity contribution in [3.63, 3.8) is 0 Å². The SMILES string of the molecule is Cc1cc(C(=O)O)ccc1-c1ccc(C=Nc2ccccc2Br)o1.